The van der Waals surface area contributed by atoms with Crippen LogP contribution >= 0.6 is 0 Å². The Morgan fingerprint density at radius 2 is 2.00 bits per heavy atom. The molecule has 1 saturated heterocycles. The summed E-state index contributed by atoms with van der Waals surface area (Å²) in [4.78, 5) is 0. The zero-order valence-corrected chi connectivity index (χ0v) is 7.36. The van der Waals surface area contributed by atoms with Crippen molar-refractivity contribution in [2.75, 3.05) is 6.61 Å². The van der Waals surface area contributed by atoms with Crippen molar-refractivity contribution in [2.45, 2.75) is 25.4 Å². The number of rotatable bonds is 1. The fourth-order valence-electron chi connectivity index (χ4n) is 1.77. The number of hydrogen-bond donors (Lipinski definition) is 0. The van der Waals surface area contributed by atoms with Gasteiger partial charge in [-0.1, -0.05) is 30.3 Å². The highest BCUT2D eigenvalue weighted by Gasteiger charge is 2.22. The van der Waals surface area contributed by atoms with Crippen molar-refractivity contribution in [2.24, 2.45) is 0 Å². The van der Waals surface area contributed by atoms with E-state index in [-0.39, 0.29) is 0 Å². The molecule has 0 unspecified atom stereocenters. The van der Waals surface area contributed by atoms with E-state index >= 15 is 0 Å². The Morgan fingerprint density at radius 1 is 1.25 bits per heavy atom. The van der Waals surface area contributed by atoms with Crippen molar-refractivity contribution in [1.29, 1.82) is 0 Å². The summed E-state index contributed by atoms with van der Waals surface area (Å²) in [6, 6.07) is 10.6. The van der Waals surface area contributed by atoms with Crippen molar-refractivity contribution in [3.63, 3.8) is 0 Å². The van der Waals surface area contributed by atoms with E-state index in [9.17, 15) is 0 Å². The molecule has 1 aliphatic heterocycles. The molecule has 0 amide bonds. The Labute approximate surface area is 73.4 Å². The standard InChI is InChI=1S/C11H14O/c1-9-7-11(8-12-9)10-5-3-2-4-6-10/h2-6,9,11H,7-8H2,1H3/t9-,11+/m1/s1. The molecular formula is C11H14O. The molecule has 1 aromatic carbocycles. The summed E-state index contributed by atoms with van der Waals surface area (Å²) in [6.45, 7) is 3.04. The second kappa shape index (κ2) is 3.28. The highest BCUT2D eigenvalue weighted by atomic mass is 16.5. The molecule has 1 fully saturated rings. The van der Waals surface area contributed by atoms with E-state index in [1.54, 1.807) is 0 Å². The molecule has 1 aliphatic rings. The van der Waals surface area contributed by atoms with Crippen LogP contribution in [0, 0.1) is 0 Å². The van der Waals surface area contributed by atoms with Crippen molar-refractivity contribution in [3.8, 4) is 0 Å². The van der Waals surface area contributed by atoms with Crippen LogP contribution in [0.15, 0.2) is 30.3 Å². The lowest BCUT2D eigenvalue weighted by Gasteiger charge is -2.06. The van der Waals surface area contributed by atoms with Crippen LogP contribution < -0.4 is 0 Å². The van der Waals surface area contributed by atoms with E-state index in [1.807, 2.05) is 0 Å². The summed E-state index contributed by atoms with van der Waals surface area (Å²) in [5.41, 5.74) is 1.42. The fraction of sp³-hybridized carbons (Fsp3) is 0.455. The van der Waals surface area contributed by atoms with Crippen LogP contribution in [-0.2, 0) is 4.74 Å². The van der Waals surface area contributed by atoms with E-state index < -0.39 is 0 Å². The second-order valence-electron chi connectivity index (χ2n) is 3.49. The van der Waals surface area contributed by atoms with Gasteiger partial charge in [-0.3, -0.25) is 0 Å². The highest BCUT2D eigenvalue weighted by Crippen LogP contribution is 2.28. The molecule has 0 N–H and O–H groups in total. The first-order valence-electron chi connectivity index (χ1n) is 4.53. The molecule has 1 heteroatoms. The molecule has 64 valence electrons. The van der Waals surface area contributed by atoms with Crippen LogP contribution in [0.25, 0.3) is 0 Å². The van der Waals surface area contributed by atoms with Gasteiger partial charge in [0.15, 0.2) is 0 Å². The molecule has 12 heavy (non-hydrogen) atoms. The van der Waals surface area contributed by atoms with Gasteiger partial charge in [0.1, 0.15) is 0 Å². The van der Waals surface area contributed by atoms with Gasteiger partial charge in [-0.15, -0.1) is 0 Å². The predicted octanol–water partition coefficient (Wildman–Crippen LogP) is 2.58. The minimum absolute atomic E-state index is 0.440. The van der Waals surface area contributed by atoms with Crippen LogP contribution in [0.2, 0.25) is 0 Å². The minimum atomic E-state index is 0.440. The Hall–Kier alpha value is -0.820. The summed E-state index contributed by atoms with van der Waals surface area (Å²) in [7, 11) is 0. The molecule has 1 aromatic rings. The smallest absolute Gasteiger partial charge is 0.0554 e. The maximum Gasteiger partial charge on any atom is 0.0554 e. The third-order valence-corrected chi connectivity index (χ3v) is 2.47. The topological polar surface area (TPSA) is 9.23 Å². The maximum absolute atomic E-state index is 5.52. The first kappa shape index (κ1) is 7.81. The molecule has 0 spiro atoms. The lowest BCUT2D eigenvalue weighted by molar-refractivity contribution is 0.123. The van der Waals surface area contributed by atoms with Gasteiger partial charge in [0.05, 0.1) is 12.7 Å². The fourth-order valence-corrected chi connectivity index (χ4v) is 1.77. The predicted molar refractivity (Wildman–Crippen MR) is 49.2 cm³/mol. The van der Waals surface area contributed by atoms with E-state index in [1.165, 1.54) is 12.0 Å². The van der Waals surface area contributed by atoms with Crippen LogP contribution in [0.3, 0.4) is 0 Å². The summed E-state index contributed by atoms with van der Waals surface area (Å²) in [6.07, 6.45) is 1.61. The van der Waals surface area contributed by atoms with Gasteiger partial charge in [-0.2, -0.15) is 0 Å². The third-order valence-electron chi connectivity index (χ3n) is 2.47. The van der Waals surface area contributed by atoms with E-state index in [2.05, 4.69) is 37.3 Å². The summed E-state index contributed by atoms with van der Waals surface area (Å²) >= 11 is 0. The molecule has 0 aromatic heterocycles. The molecule has 0 aliphatic carbocycles. The van der Waals surface area contributed by atoms with E-state index in [0.29, 0.717) is 12.0 Å². The lowest BCUT2D eigenvalue weighted by atomic mass is 9.97. The van der Waals surface area contributed by atoms with Crippen LogP contribution in [0.5, 0.6) is 0 Å². The van der Waals surface area contributed by atoms with Crippen molar-refractivity contribution in [1.82, 2.24) is 0 Å². The largest absolute Gasteiger partial charge is 0.378 e. The maximum atomic E-state index is 5.52. The van der Waals surface area contributed by atoms with Gasteiger partial charge < -0.3 is 4.74 Å². The minimum Gasteiger partial charge on any atom is -0.378 e. The average Bonchev–Trinajstić information content (AvgIpc) is 2.54. The number of ether oxygens (including phenoxy) is 1. The second-order valence-corrected chi connectivity index (χ2v) is 3.49. The average molecular weight is 162 g/mol. The molecule has 2 atom stereocenters. The lowest BCUT2D eigenvalue weighted by Crippen LogP contribution is -1.96. The molecule has 1 nitrogen and oxygen atoms in total. The van der Waals surface area contributed by atoms with E-state index in [4.69, 9.17) is 4.74 Å². The SMILES string of the molecule is C[C@@H]1C[C@H](c2ccccc2)CO1. The normalized spacial score (nSPS) is 29.1. The van der Waals surface area contributed by atoms with Gasteiger partial charge in [0.2, 0.25) is 0 Å². The Balaban J connectivity index is 2.11. The van der Waals surface area contributed by atoms with Gasteiger partial charge >= 0.3 is 0 Å². The van der Waals surface area contributed by atoms with Gasteiger partial charge in [-0.25, -0.2) is 0 Å². The van der Waals surface area contributed by atoms with Crippen LogP contribution in [-0.4, -0.2) is 12.7 Å². The molecule has 0 bridgehead atoms. The first-order valence-corrected chi connectivity index (χ1v) is 4.53. The molecule has 2 rings (SSSR count). The molecule has 1 heterocycles. The quantitative estimate of drug-likeness (QED) is 0.616. The van der Waals surface area contributed by atoms with E-state index in [0.717, 1.165) is 6.61 Å². The Bertz CT molecular complexity index is 242. The van der Waals surface area contributed by atoms with Crippen LogP contribution in [0.1, 0.15) is 24.8 Å². The first-order chi connectivity index (χ1) is 5.86. The third kappa shape index (κ3) is 1.51. The number of hydrogen-bond acceptors (Lipinski definition) is 1. The number of benzene rings is 1. The van der Waals surface area contributed by atoms with Gasteiger partial charge in [0.25, 0.3) is 0 Å². The van der Waals surface area contributed by atoms with Crippen molar-refractivity contribution >= 4 is 0 Å². The summed E-state index contributed by atoms with van der Waals surface area (Å²) in [5, 5.41) is 0. The monoisotopic (exact) mass is 162 g/mol. The zero-order valence-electron chi connectivity index (χ0n) is 7.36. The molecule has 0 radical (unpaired) electrons. The molecule has 0 saturated carbocycles. The van der Waals surface area contributed by atoms with Crippen molar-refractivity contribution in [3.05, 3.63) is 35.9 Å². The van der Waals surface area contributed by atoms with Gasteiger partial charge in [-0.05, 0) is 18.9 Å². The Kier molecular flexibility index (Phi) is 2.13. The summed E-state index contributed by atoms with van der Waals surface area (Å²) in [5.74, 6) is 0.626. The Morgan fingerprint density at radius 3 is 2.58 bits per heavy atom. The zero-order chi connectivity index (χ0) is 8.39. The van der Waals surface area contributed by atoms with Crippen LogP contribution in [0.4, 0.5) is 0 Å². The molecular weight excluding hydrogens is 148 g/mol. The van der Waals surface area contributed by atoms with Crippen molar-refractivity contribution < 1.29 is 4.74 Å². The summed E-state index contributed by atoms with van der Waals surface area (Å²) < 4.78 is 5.52. The highest BCUT2D eigenvalue weighted by molar-refractivity contribution is 5.20. The van der Waals surface area contributed by atoms with Gasteiger partial charge in [0, 0.05) is 5.92 Å².